The predicted octanol–water partition coefficient (Wildman–Crippen LogP) is 3.07. The van der Waals surface area contributed by atoms with Gasteiger partial charge in [-0.15, -0.1) is 0 Å². The van der Waals surface area contributed by atoms with Gasteiger partial charge in [0.15, 0.2) is 0 Å². The van der Waals surface area contributed by atoms with Crippen LogP contribution in [0.3, 0.4) is 0 Å². The molecule has 4 rings (SSSR count). The van der Waals surface area contributed by atoms with E-state index in [2.05, 4.69) is 15.1 Å². The molecule has 102 valence electrons. The van der Waals surface area contributed by atoms with E-state index in [1.807, 2.05) is 24.3 Å². The van der Waals surface area contributed by atoms with Crippen LogP contribution >= 0.6 is 0 Å². The normalized spacial score (nSPS) is 11.2. The summed E-state index contributed by atoms with van der Waals surface area (Å²) in [6, 6.07) is 9.11. The maximum absolute atomic E-state index is 10.8. The van der Waals surface area contributed by atoms with Crippen LogP contribution in [-0.4, -0.2) is 26.2 Å². The first-order valence-corrected chi connectivity index (χ1v) is 6.28. The highest BCUT2D eigenvalue weighted by atomic mass is 16.5. The smallest absolute Gasteiger partial charge is 0.374 e. The summed E-state index contributed by atoms with van der Waals surface area (Å²) in [5.74, 6) is -1.30. The van der Waals surface area contributed by atoms with Crippen molar-refractivity contribution >= 4 is 27.8 Å². The monoisotopic (exact) mass is 279 g/mol. The molecule has 0 saturated carbocycles. The third kappa shape index (κ3) is 1.77. The van der Waals surface area contributed by atoms with Crippen molar-refractivity contribution in [3.05, 3.63) is 48.5 Å². The first-order chi connectivity index (χ1) is 10.2. The summed E-state index contributed by atoms with van der Waals surface area (Å²) in [5.41, 5.74) is 3.24. The number of carboxylic acid groups (broad SMARTS) is 1. The molecule has 6 heteroatoms. The number of carbonyl (C=O) groups is 1. The minimum atomic E-state index is -1.13. The van der Waals surface area contributed by atoms with Crippen molar-refractivity contribution in [2.24, 2.45) is 0 Å². The van der Waals surface area contributed by atoms with Gasteiger partial charge >= 0.3 is 5.97 Å². The van der Waals surface area contributed by atoms with E-state index in [-0.39, 0.29) is 5.76 Å². The predicted molar refractivity (Wildman–Crippen MR) is 76.1 cm³/mol. The molecule has 0 spiro atoms. The summed E-state index contributed by atoms with van der Waals surface area (Å²) in [6.45, 7) is 0. The van der Waals surface area contributed by atoms with Crippen LogP contribution in [0.25, 0.3) is 33.1 Å². The van der Waals surface area contributed by atoms with E-state index in [1.54, 1.807) is 12.4 Å². The number of benzene rings is 1. The van der Waals surface area contributed by atoms with E-state index >= 15 is 0 Å². The number of carboxylic acids is 1. The zero-order valence-corrected chi connectivity index (χ0v) is 10.7. The molecule has 0 atom stereocenters. The summed E-state index contributed by atoms with van der Waals surface area (Å²) < 4.78 is 4.79. The molecule has 0 aliphatic carbocycles. The van der Waals surface area contributed by atoms with Crippen molar-refractivity contribution < 1.29 is 14.4 Å². The van der Waals surface area contributed by atoms with Crippen molar-refractivity contribution in [3.63, 3.8) is 0 Å². The number of hydrogen-bond donors (Lipinski definition) is 2. The van der Waals surface area contributed by atoms with Gasteiger partial charge in [0.2, 0.25) is 5.76 Å². The average molecular weight is 279 g/mol. The molecule has 6 nitrogen and oxygen atoms in total. The molecule has 0 radical (unpaired) electrons. The van der Waals surface area contributed by atoms with Crippen molar-refractivity contribution in [1.29, 1.82) is 0 Å². The van der Waals surface area contributed by atoms with Gasteiger partial charge in [-0.1, -0.05) is 11.2 Å². The Labute approximate surface area is 118 Å². The minimum absolute atomic E-state index is 0.173. The molecule has 3 heterocycles. The van der Waals surface area contributed by atoms with E-state index in [4.69, 9.17) is 9.63 Å². The molecule has 3 aromatic heterocycles. The van der Waals surface area contributed by atoms with Gasteiger partial charge in [0.05, 0.1) is 11.7 Å². The molecule has 0 unspecified atom stereocenters. The number of aromatic carboxylic acids is 1. The number of nitrogens with zero attached hydrogens (tertiary/aromatic N) is 2. The molecular weight excluding hydrogens is 270 g/mol. The number of aromatic amines is 1. The fourth-order valence-electron chi connectivity index (χ4n) is 2.42. The molecule has 0 amide bonds. The Bertz CT molecular complexity index is 984. The third-order valence-electron chi connectivity index (χ3n) is 3.42. The number of rotatable bonds is 2. The molecule has 0 aliphatic rings. The van der Waals surface area contributed by atoms with Crippen LogP contribution in [0.4, 0.5) is 0 Å². The van der Waals surface area contributed by atoms with Gasteiger partial charge < -0.3 is 14.6 Å². The second-order valence-corrected chi connectivity index (χ2v) is 4.69. The van der Waals surface area contributed by atoms with Crippen molar-refractivity contribution in [1.82, 2.24) is 15.1 Å². The Morgan fingerprint density at radius 2 is 2.05 bits per heavy atom. The first-order valence-electron chi connectivity index (χ1n) is 6.28. The lowest BCUT2D eigenvalue weighted by Crippen LogP contribution is -1.91. The maximum atomic E-state index is 10.8. The summed E-state index contributed by atoms with van der Waals surface area (Å²) >= 11 is 0. The molecule has 1 aromatic carbocycles. The van der Waals surface area contributed by atoms with Gasteiger partial charge in [-0.25, -0.2) is 4.79 Å². The maximum Gasteiger partial charge on any atom is 0.374 e. The quantitative estimate of drug-likeness (QED) is 0.588. The van der Waals surface area contributed by atoms with E-state index in [0.29, 0.717) is 5.69 Å². The highest BCUT2D eigenvalue weighted by Crippen LogP contribution is 2.29. The van der Waals surface area contributed by atoms with Gasteiger partial charge in [0, 0.05) is 34.1 Å². The molecule has 0 aliphatic heterocycles. The Hall–Kier alpha value is -3.15. The minimum Gasteiger partial charge on any atom is -0.475 e. The van der Waals surface area contributed by atoms with Gasteiger partial charge in [0.25, 0.3) is 0 Å². The van der Waals surface area contributed by atoms with Gasteiger partial charge in [-0.05, 0) is 18.2 Å². The number of pyridine rings is 1. The van der Waals surface area contributed by atoms with Crippen molar-refractivity contribution in [3.8, 4) is 11.3 Å². The SMILES string of the molecule is O=C(O)c1cc(-c2ccc3[nH]c4cnccc4c3c2)no1. The topological polar surface area (TPSA) is 92.0 Å². The van der Waals surface area contributed by atoms with E-state index in [9.17, 15) is 4.79 Å². The van der Waals surface area contributed by atoms with Crippen LogP contribution in [0.1, 0.15) is 10.6 Å². The number of nitrogens with one attached hydrogen (secondary N) is 1. The highest BCUT2D eigenvalue weighted by Gasteiger charge is 2.13. The van der Waals surface area contributed by atoms with E-state index in [0.717, 1.165) is 27.4 Å². The summed E-state index contributed by atoms with van der Waals surface area (Å²) in [6.07, 6.45) is 3.51. The Kier molecular flexibility index (Phi) is 2.32. The number of H-pyrrole nitrogens is 1. The zero-order chi connectivity index (χ0) is 14.4. The summed E-state index contributed by atoms with van der Waals surface area (Å²) in [4.78, 5) is 18.2. The van der Waals surface area contributed by atoms with Gasteiger partial charge in [-0.2, -0.15) is 0 Å². The lowest BCUT2D eigenvalue weighted by atomic mass is 10.1. The Morgan fingerprint density at radius 3 is 2.86 bits per heavy atom. The number of hydrogen-bond acceptors (Lipinski definition) is 4. The average Bonchev–Trinajstić information content (AvgIpc) is 3.11. The molecule has 0 fully saturated rings. The Balaban J connectivity index is 1.92. The van der Waals surface area contributed by atoms with Crippen molar-refractivity contribution in [2.45, 2.75) is 0 Å². The van der Waals surface area contributed by atoms with Crippen LogP contribution in [-0.2, 0) is 0 Å². The van der Waals surface area contributed by atoms with Crippen molar-refractivity contribution in [2.75, 3.05) is 0 Å². The van der Waals surface area contributed by atoms with Crippen LogP contribution in [0.2, 0.25) is 0 Å². The molecule has 0 bridgehead atoms. The standard InChI is InChI=1S/C15H9N3O3/c19-15(20)14-6-12(18-21-14)8-1-2-11-10(5-8)9-3-4-16-7-13(9)17-11/h1-7,17H,(H,19,20). The molecule has 2 N–H and O–H groups in total. The van der Waals surface area contributed by atoms with Gasteiger partial charge in [0.1, 0.15) is 5.69 Å². The number of aromatic nitrogens is 3. The van der Waals surface area contributed by atoms with E-state index < -0.39 is 5.97 Å². The largest absolute Gasteiger partial charge is 0.475 e. The van der Waals surface area contributed by atoms with Crippen LogP contribution in [0.15, 0.2) is 47.2 Å². The lowest BCUT2D eigenvalue weighted by molar-refractivity contribution is 0.0652. The second kappa shape index (κ2) is 4.17. The van der Waals surface area contributed by atoms with Crippen LogP contribution in [0.5, 0.6) is 0 Å². The Morgan fingerprint density at radius 1 is 1.14 bits per heavy atom. The first kappa shape index (κ1) is 11.7. The molecule has 21 heavy (non-hydrogen) atoms. The van der Waals surface area contributed by atoms with E-state index in [1.165, 1.54) is 6.07 Å². The van der Waals surface area contributed by atoms with Gasteiger partial charge in [-0.3, -0.25) is 4.98 Å². The fraction of sp³-hybridized carbons (Fsp3) is 0. The second-order valence-electron chi connectivity index (χ2n) is 4.69. The zero-order valence-electron chi connectivity index (χ0n) is 10.7. The third-order valence-corrected chi connectivity index (χ3v) is 3.42. The highest BCUT2D eigenvalue weighted by molar-refractivity contribution is 6.08. The van der Waals surface area contributed by atoms with Crippen LogP contribution in [0, 0.1) is 0 Å². The number of fused-ring (bicyclic) bond motifs is 3. The van der Waals surface area contributed by atoms with Crippen LogP contribution < -0.4 is 0 Å². The molecule has 0 saturated heterocycles. The summed E-state index contributed by atoms with van der Waals surface area (Å²) in [5, 5.41) is 14.8. The molecule has 4 aromatic rings. The fourth-order valence-corrected chi connectivity index (χ4v) is 2.42. The lowest BCUT2D eigenvalue weighted by Gasteiger charge is -1.96. The molecular formula is C15H9N3O3. The summed E-state index contributed by atoms with van der Waals surface area (Å²) in [7, 11) is 0.